The lowest BCUT2D eigenvalue weighted by atomic mass is 10.0. The summed E-state index contributed by atoms with van der Waals surface area (Å²) in [5.41, 5.74) is 8.91. The molecule has 0 radical (unpaired) electrons. The number of ether oxygens (including phenoxy) is 2. The predicted molar refractivity (Wildman–Crippen MR) is 102 cm³/mol. The Morgan fingerprint density at radius 2 is 2.07 bits per heavy atom. The zero-order chi connectivity index (χ0) is 21.9. The number of nitrogens with two attached hydrogens (primary N) is 2. The first kappa shape index (κ1) is 21.4. The molecular weight excluding hydrogens is 394 g/mol. The Morgan fingerprint density at radius 1 is 1.37 bits per heavy atom. The highest BCUT2D eigenvalue weighted by Gasteiger charge is 2.57. The number of hydrogen-bond donors (Lipinski definition) is 4. The number of benzene rings is 1. The number of nitrogens with zero attached hydrogens (tertiary/aromatic N) is 3. The first-order valence-corrected chi connectivity index (χ1v) is 9.05. The van der Waals surface area contributed by atoms with Crippen molar-refractivity contribution in [2.75, 3.05) is 12.3 Å². The molecule has 5 atom stereocenters. The largest absolute Gasteiger partial charge is 0.462 e. The highest BCUT2D eigenvalue weighted by molar-refractivity contribution is 5.75. The molecule has 1 aliphatic rings. The van der Waals surface area contributed by atoms with E-state index in [1.165, 1.54) is 6.07 Å². The number of anilines is 1. The van der Waals surface area contributed by atoms with Crippen molar-refractivity contribution in [3.8, 4) is 6.07 Å². The molecule has 11 heteroatoms. The topological polar surface area (TPSA) is 187 Å². The van der Waals surface area contributed by atoms with Crippen molar-refractivity contribution in [3.63, 3.8) is 0 Å². The fourth-order valence-electron chi connectivity index (χ4n) is 3.17. The molecule has 1 aliphatic heterocycles. The average molecular weight is 415 g/mol. The number of esters is 1. The summed E-state index contributed by atoms with van der Waals surface area (Å²) < 4.78 is 11.3. The minimum atomic E-state index is -2.26. The van der Waals surface area contributed by atoms with Gasteiger partial charge in [-0.2, -0.15) is 10.2 Å². The van der Waals surface area contributed by atoms with Crippen LogP contribution < -0.4 is 17.2 Å². The molecule has 0 spiro atoms. The first-order chi connectivity index (χ1) is 14.3. The van der Waals surface area contributed by atoms with Gasteiger partial charge in [0, 0.05) is 6.20 Å². The zero-order valence-corrected chi connectivity index (χ0v) is 15.8. The Kier molecular flexibility index (Phi) is 6.14. The standard InChI is InChI=1S/C19H21N5O6/c20-10-19(24-7-6-14(22)23-18(24)28)16(26)15(25)13(30-19)9-29-17(27)12(21)8-11-4-2-1-3-5-11/h1-7,12-13,15-16,25-26H,8-9,21H2,(H2,22,23,28)/t12-,13+,15?,16?,19+/m0/s1. The van der Waals surface area contributed by atoms with E-state index in [-0.39, 0.29) is 12.2 Å². The molecule has 0 bridgehead atoms. The minimum absolute atomic E-state index is 0.0877. The average Bonchev–Trinajstić information content (AvgIpc) is 2.98. The number of nitrogen functional groups attached to an aromatic ring is 1. The van der Waals surface area contributed by atoms with Gasteiger partial charge >= 0.3 is 11.7 Å². The summed E-state index contributed by atoms with van der Waals surface area (Å²) in [7, 11) is 0. The molecule has 2 aromatic rings. The maximum Gasteiger partial charge on any atom is 0.352 e. The van der Waals surface area contributed by atoms with Gasteiger partial charge in [-0.1, -0.05) is 30.3 Å². The third-order valence-electron chi connectivity index (χ3n) is 4.77. The predicted octanol–water partition coefficient (Wildman–Crippen LogP) is -1.76. The van der Waals surface area contributed by atoms with Gasteiger partial charge in [-0.05, 0) is 18.1 Å². The monoisotopic (exact) mass is 415 g/mol. The fourth-order valence-corrected chi connectivity index (χ4v) is 3.17. The SMILES string of the molecule is N#C[C@@]1(n2ccc(N)nc2=O)O[C@H](COC(=O)[C@@H](N)Cc2ccccc2)C(O)C1O. The number of rotatable bonds is 6. The summed E-state index contributed by atoms with van der Waals surface area (Å²) in [6.07, 6.45) is -3.35. The van der Waals surface area contributed by atoms with E-state index in [0.29, 0.717) is 0 Å². The Balaban J connectivity index is 1.69. The Morgan fingerprint density at radius 3 is 2.70 bits per heavy atom. The molecular formula is C19H21N5O6. The lowest BCUT2D eigenvalue weighted by molar-refractivity contribution is -0.155. The quantitative estimate of drug-likeness (QED) is 0.393. The van der Waals surface area contributed by atoms with E-state index >= 15 is 0 Å². The second kappa shape index (κ2) is 8.60. The number of carbonyl (C=O) groups excluding carboxylic acids is 1. The van der Waals surface area contributed by atoms with Crippen molar-refractivity contribution in [2.24, 2.45) is 5.73 Å². The second-order valence-corrected chi connectivity index (χ2v) is 6.83. The molecule has 2 unspecified atom stereocenters. The van der Waals surface area contributed by atoms with Crippen molar-refractivity contribution < 1.29 is 24.5 Å². The van der Waals surface area contributed by atoms with Crippen LogP contribution in [0.1, 0.15) is 5.56 Å². The zero-order valence-electron chi connectivity index (χ0n) is 15.8. The summed E-state index contributed by atoms with van der Waals surface area (Å²) in [6.45, 7) is -0.486. The van der Waals surface area contributed by atoms with Crippen LogP contribution in [0.25, 0.3) is 0 Å². The van der Waals surface area contributed by atoms with E-state index in [1.807, 2.05) is 30.3 Å². The van der Waals surface area contributed by atoms with Crippen LogP contribution in [0.4, 0.5) is 5.82 Å². The molecule has 0 aliphatic carbocycles. The first-order valence-electron chi connectivity index (χ1n) is 9.05. The van der Waals surface area contributed by atoms with Gasteiger partial charge in [0.2, 0.25) is 0 Å². The van der Waals surface area contributed by atoms with E-state index in [2.05, 4.69) is 4.98 Å². The molecule has 3 rings (SSSR count). The van der Waals surface area contributed by atoms with E-state index < -0.39 is 48.3 Å². The highest BCUT2D eigenvalue weighted by atomic mass is 16.6. The van der Waals surface area contributed by atoms with Crippen LogP contribution in [0.3, 0.4) is 0 Å². The van der Waals surface area contributed by atoms with Crippen LogP contribution in [0, 0.1) is 11.3 Å². The smallest absolute Gasteiger partial charge is 0.352 e. The number of carbonyl (C=O) groups is 1. The van der Waals surface area contributed by atoms with Gasteiger partial charge in [0.25, 0.3) is 5.72 Å². The van der Waals surface area contributed by atoms with Gasteiger partial charge in [-0.3, -0.25) is 9.36 Å². The third-order valence-corrected chi connectivity index (χ3v) is 4.77. The molecule has 1 fully saturated rings. The number of aromatic nitrogens is 2. The van der Waals surface area contributed by atoms with Crippen LogP contribution in [0.15, 0.2) is 47.4 Å². The van der Waals surface area contributed by atoms with Crippen molar-refractivity contribution in [3.05, 3.63) is 58.6 Å². The summed E-state index contributed by atoms with van der Waals surface area (Å²) in [5, 5.41) is 30.3. The molecule has 2 heterocycles. The highest BCUT2D eigenvalue weighted by Crippen LogP contribution is 2.34. The van der Waals surface area contributed by atoms with Crippen molar-refractivity contribution >= 4 is 11.8 Å². The van der Waals surface area contributed by atoms with Gasteiger partial charge in [-0.25, -0.2) is 4.79 Å². The van der Waals surface area contributed by atoms with E-state index in [9.17, 15) is 25.1 Å². The summed E-state index contributed by atoms with van der Waals surface area (Å²) >= 11 is 0. The van der Waals surface area contributed by atoms with Gasteiger partial charge in [0.05, 0.1) is 0 Å². The van der Waals surface area contributed by atoms with Gasteiger partial charge < -0.3 is 31.2 Å². The molecule has 158 valence electrons. The molecule has 30 heavy (non-hydrogen) atoms. The second-order valence-electron chi connectivity index (χ2n) is 6.83. The Labute approximate surface area is 171 Å². The van der Waals surface area contributed by atoms with E-state index in [0.717, 1.165) is 16.3 Å². The molecule has 11 nitrogen and oxygen atoms in total. The summed E-state index contributed by atoms with van der Waals surface area (Å²) in [4.78, 5) is 27.8. The maximum absolute atomic E-state index is 12.2. The number of nitriles is 1. The number of hydrogen-bond acceptors (Lipinski definition) is 10. The van der Waals surface area contributed by atoms with Gasteiger partial charge in [-0.15, -0.1) is 0 Å². The van der Waals surface area contributed by atoms with Crippen LogP contribution >= 0.6 is 0 Å². The lowest BCUT2D eigenvalue weighted by Crippen LogP contribution is -2.49. The summed E-state index contributed by atoms with van der Waals surface area (Å²) in [5.74, 6) is -0.833. The molecule has 1 aromatic carbocycles. The number of aliphatic hydroxyl groups is 2. The Hall–Kier alpha value is -3.30. The van der Waals surface area contributed by atoms with Crippen molar-refractivity contribution in [2.45, 2.75) is 36.5 Å². The van der Waals surface area contributed by atoms with Crippen LogP contribution in [0.2, 0.25) is 0 Å². The van der Waals surface area contributed by atoms with E-state index in [4.69, 9.17) is 20.9 Å². The normalized spacial score (nSPS) is 26.7. The molecule has 6 N–H and O–H groups in total. The minimum Gasteiger partial charge on any atom is -0.462 e. The Bertz CT molecular complexity index is 1010. The molecule has 0 saturated carbocycles. The lowest BCUT2D eigenvalue weighted by Gasteiger charge is -2.26. The number of aliphatic hydroxyl groups excluding tert-OH is 2. The van der Waals surface area contributed by atoms with Crippen molar-refractivity contribution in [1.82, 2.24) is 9.55 Å². The van der Waals surface area contributed by atoms with E-state index in [1.54, 1.807) is 6.07 Å². The van der Waals surface area contributed by atoms with Crippen LogP contribution in [-0.4, -0.2) is 56.7 Å². The molecule has 0 amide bonds. The fraction of sp³-hybridized carbons (Fsp3) is 0.368. The third kappa shape index (κ3) is 4.03. The van der Waals surface area contributed by atoms with Gasteiger partial charge in [0.1, 0.15) is 42.8 Å². The van der Waals surface area contributed by atoms with Crippen molar-refractivity contribution in [1.29, 1.82) is 5.26 Å². The van der Waals surface area contributed by atoms with Gasteiger partial charge in [0.15, 0.2) is 0 Å². The van der Waals surface area contributed by atoms with Crippen LogP contribution in [-0.2, 0) is 26.4 Å². The molecule has 1 saturated heterocycles. The summed E-state index contributed by atoms with van der Waals surface area (Å²) in [6, 6.07) is 11.1. The van der Waals surface area contributed by atoms with Crippen LogP contribution in [0.5, 0.6) is 0 Å². The maximum atomic E-state index is 12.2. The molecule has 1 aromatic heterocycles.